The van der Waals surface area contributed by atoms with Crippen molar-refractivity contribution in [3.8, 4) is 0 Å². The molecule has 2 heterocycles. The molecule has 0 saturated carbocycles. The molecule has 20 heavy (non-hydrogen) atoms. The van der Waals surface area contributed by atoms with Gasteiger partial charge in [0.1, 0.15) is 0 Å². The quantitative estimate of drug-likeness (QED) is 0.943. The van der Waals surface area contributed by atoms with Gasteiger partial charge in [-0.1, -0.05) is 29.8 Å². The van der Waals surface area contributed by atoms with Gasteiger partial charge in [0.25, 0.3) is 5.91 Å². The molecule has 0 bridgehead atoms. The molecule has 0 fully saturated rings. The van der Waals surface area contributed by atoms with Gasteiger partial charge in [-0.3, -0.25) is 4.79 Å². The van der Waals surface area contributed by atoms with Crippen LogP contribution in [-0.2, 0) is 0 Å². The minimum absolute atomic E-state index is 0.0221. The Morgan fingerprint density at radius 3 is 2.85 bits per heavy atom. The smallest absolute Gasteiger partial charge is 0.268 e. The Kier molecular flexibility index (Phi) is 3.78. The van der Waals surface area contributed by atoms with Gasteiger partial charge in [-0.25, -0.2) is 0 Å². The fourth-order valence-corrected chi connectivity index (χ4v) is 3.69. The van der Waals surface area contributed by atoms with E-state index in [1.165, 1.54) is 16.9 Å². The lowest BCUT2D eigenvalue weighted by atomic mass is 9.98. The number of para-hydroxylation sites is 1. The number of carbonyl (C=O) groups is 1. The summed E-state index contributed by atoms with van der Waals surface area (Å²) >= 11 is 7.24. The molecule has 104 valence electrons. The number of nitrogens with two attached hydrogens (primary N) is 1. The highest BCUT2D eigenvalue weighted by Gasteiger charge is 2.32. The van der Waals surface area contributed by atoms with Crippen LogP contribution >= 0.6 is 22.9 Å². The topological polar surface area (TPSA) is 46.3 Å². The van der Waals surface area contributed by atoms with E-state index in [4.69, 9.17) is 17.3 Å². The Morgan fingerprint density at radius 1 is 1.35 bits per heavy atom. The Labute approximate surface area is 127 Å². The fraction of sp³-hybridized carbons (Fsp3) is 0.267. The van der Waals surface area contributed by atoms with Crippen LogP contribution in [0.4, 0.5) is 5.69 Å². The van der Waals surface area contributed by atoms with Crippen molar-refractivity contribution in [3.05, 3.63) is 51.2 Å². The Bertz CT molecular complexity index is 640. The average molecular weight is 307 g/mol. The normalized spacial score (nSPS) is 17.3. The molecule has 2 aromatic rings. The van der Waals surface area contributed by atoms with Crippen LogP contribution in [0.5, 0.6) is 0 Å². The summed E-state index contributed by atoms with van der Waals surface area (Å²) in [5.74, 6) is 0.351. The van der Waals surface area contributed by atoms with Crippen molar-refractivity contribution in [2.24, 2.45) is 5.73 Å². The van der Waals surface area contributed by atoms with Gasteiger partial charge in [-0.2, -0.15) is 0 Å². The summed E-state index contributed by atoms with van der Waals surface area (Å²) in [7, 11) is 0. The van der Waals surface area contributed by atoms with Gasteiger partial charge in [0.15, 0.2) is 0 Å². The van der Waals surface area contributed by atoms with Gasteiger partial charge >= 0.3 is 0 Å². The second kappa shape index (κ2) is 5.56. The fourth-order valence-electron chi connectivity index (χ4n) is 2.70. The van der Waals surface area contributed by atoms with Crippen LogP contribution in [0.15, 0.2) is 36.4 Å². The lowest BCUT2D eigenvalue weighted by Gasteiger charge is -2.16. The second-order valence-electron chi connectivity index (χ2n) is 4.85. The molecule has 1 aliphatic rings. The largest absolute Gasteiger partial charge is 0.330 e. The maximum atomic E-state index is 12.6. The lowest BCUT2D eigenvalue weighted by Crippen LogP contribution is -2.29. The van der Waals surface area contributed by atoms with Crippen LogP contribution in [0.2, 0.25) is 4.34 Å². The number of amides is 1. The highest BCUT2D eigenvalue weighted by molar-refractivity contribution is 7.18. The van der Waals surface area contributed by atoms with Crippen LogP contribution < -0.4 is 10.6 Å². The molecule has 2 N–H and O–H groups in total. The molecule has 1 aromatic carbocycles. The van der Waals surface area contributed by atoms with Crippen LogP contribution in [0.1, 0.15) is 27.6 Å². The predicted molar refractivity (Wildman–Crippen MR) is 83.9 cm³/mol. The third kappa shape index (κ3) is 2.35. The lowest BCUT2D eigenvalue weighted by molar-refractivity contribution is 0.0992. The maximum Gasteiger partial charge on any atom is 0.268 e. The van der Waals surface area contributed by atoms with Gasteiger partial charge in [-0.15, -0.1) is 11.3 Å². The average Bonchev–Trinajstić information content (AvgIpc) is 3.04. The molecular formula is C15H15ClN2OS. The predicted octanol–water partition coefficient (Wildman–Crippen LogP) is 3.49. The first-order valence-corrected chi connectivity index (χ1v) is 7.76. The van der Waals surface area contributed by atoms with E-state index < -0.39 is 0 Å². The number of rotatable bonds is 3. The summed E-state index contributed by atoms with van der Waals surface area (Å²) in [6.07, 6.45) is 0.895. The van der Waals surface area contributed by atoms with Crippen LogP contribution in [0, 0.1) is 0 Å². The van der Waals surface area contributed by atoms with E-state index in [9.17, 15) is 4.79 Å². The minimum atomic E-state index is 0.0221. The number of nitrogens with zero attached hydrogens (tertiary/aromatic N) is 1. The first kappa shape index (κ1) is 13.6. The Hall–Kier alpha value is -1.36. The van der Waals surface area contributed by atoms with Gasteiger partial charge in [0, 0.05) is 18.2 Å². The summed E-state index contributed by atoms with van der Waals surface area (Å²) in [5.41, 5.74) is 7.90. The third-order valence-corrected chi connectivity index (χ3v) is 4.83. The van der Waals surface area contributed by atoms with E-state index in [-0.39, 0.29) is 5.91 Å². The summed E-state index contributed by atoms with van der Waals surface area (Å²) in [5, 5.41) is 0. The summed E-state index contributed by atoms with van der Waals surface area (Å²) in [6.45, 7) is 1.33. The number of thiophene rings is 1. The van der Waals surface area contributed by atoms with Crippen LogP contribution in [0.25, 0.3) is 0 Å². The molecular weight excluding hydrogens is 292 g/mol. The summed E-state index contributed by atoms with van der Waals surface area (Å²) in [6, 6.07) is 11.6. The first-order chi connectivity index (χ1) is 9.70. The van der Waals surface area contributed by atoms with Crippen molar-refractivity contribution >= 4 is 34.5 Å². The molecule has 1 aromatic heterocycles. The number of fused-ring (bicyclic) bond motifs is 1. The van der Waals surface area contributed by atoms with Gasteiger partial charge in [-0.05, 0) is 36.7 Å². The van der Waals surface area contributed by atoms with Crippen LogP contribution in [-0.4, -0.2) is 19.0 Å². The molecule has 1 atom stereocenters. The number of carbonyl (C=O) groups excluding carboxylic acids is 1. The zero-order chi connectivity index (χ0) is 14.1. The molecule has 0 aliphatic carbocycles. The zero-order valence-electron chi connectivity index (χ0n) is 10.9. The molecule has 1 aliphatic heterocycles. The Morgan fingerprint density at radius 2 is 2.15 bits per heavy atom. The third-order valence-electron chi connectivity index (χ3n) is 3.61. The van der Waals surface area contributed by atoms with Gasteiger partial charge < -0.3 is 10.6 Å². The monoisotopic (exact) mass is 306 g/mol. The van der Waals surface area contributed by atoms with Crippen LogP contribution in [0.3, 0.4) is 0 Å². The molecule has 0 saturated heterocycles. The molecule has 3 rings (SSSR count). The number of anilines is 1. The van der Waals surface area contributed by atoms with Gasteiger partial charge in [0.2, 0.25) is 0 Å². The Balaban J connectivity index is 1.93. The number of benzene rings is 1. The molecule has 1 amide bonds. The molecule has 0 spiro atoms. The van der Waals surface area contributed by atoms with E-state index in [1.54, 1.807) is 12.1 Å². The highest BCUT2D eigenvalue weighted by atomic mass is 35.5. The van der Waals surface area contributed by atoms with E-state index in [1.807, 2.05) is 23.1 Å². The number of hydrogen-bond acceptors (Lipinski definition) is 3. The minimum Gasteiger partial charge on any atom is -0.330 e. The first-order valence-electron chi connectivity index (χ1n) is 6.57. The van der Waals surface area contributed by atoms with Gasteiger partial charge in [0.05, 0.1) is 9.21 Å². The summed E-state index contributed by atoms with van der Waals surface area (Å²) in [4.78, 5) is 15.1. The second-order valence-corrected chi connectivity index (χ2v) is 6.57. The number of hydrogen-bond donors (Lipinski definition) is 1. The van der Waals surface area contributed by atoms with E-state index in [0.717, 1.165) is 12.1 Å². The zero-order valence-corrected chi connectivity index (χ0v) is 12.5. The van der Waals surface area contributed by atoms with E-state index in [2.05, 4.69) is 6.07 Å². The number of halogens is 1. The van der Waals surface area contributed by atoms with Crippen molar-refractivity contribution in [1.82, 2.24) is 0 Å². The highest BCUT2D eigenvalue weighted by Crippen LogP contribution is 2.39. The van der Waals surface area contributed by atoms with E-state index in [0.29, 0.717) is 28.2 Å². The molecule has 1 unspecified atom stereocenters. The molecule has 5 heteroatoms. The summed E-state index contributed by atoms with van der Waals surface area (Å²) < 4.78 is 0.638. The van der Waals surface area contributed by atoms with Crippen molar-refractivity contribution in [2.75, 3.05) is 18.0 Å². The van der Waals surface area contributed by atoms with Crippen molar-refractivity contribution in [3.63, 3.8) is 0 Å². The van der Waals surface area contributed by atoms with Crippen molar-refractivity contribution in [2.45, 2.75) is 12.3 Å². The van der Waals surface area contributed by atoms with Crippen molar-refractivity contribution in [1.29, 1.82) is 0 Å². The maximum absolute atomic E-state index is 12.6. The molecule has 3 nitrogen and oxygen atoms in total. The molecule has 0 radical (unpaired) electrons. The SMILES string of the molecule is NCCC1CN(C(=O)c2ccc(Cl)s2)c2ccccc21. The van der Waals surface area contributed by atoms with E-state index >= 15 is 0 Å². The standard InChI is InChI=1S/C15H15ClN2OS/c16-14-6-5-13(20-14)15(19)18-9-10(7-8-17)11-3-1-2-4-12(11)18/h1-6,10H,7-9,17H2. The van der Waals surface area contributed by atoms with Crippen molar-refractivity contribution < 1.29 is 4.79 Å².